The van der Waals surface area contributed by atoms with E-state index in [9.17, 15) is 5.26 Å². The fourth-order valence-corrected chi connectivity index (χ4v) is 2.33. The molecule has 2 N–H and O–H groups in total. The minimum Gasteiger partial charge on any atom is -0.329 e. The molecule has 96 valence electrons. The van der Waals surface area contributed by atoms with Crippen molar-refractivity contribution in [1.29, 1.82) is 5.26 Å². The Kier molecular flexibility index (Phi) is 4.65. The van der Waals surface area contributed by atoms with Crippen molar-refractivity contribution in [2.45, 2.75) is 6.04 Å². The number of nitriles is 1. The summed E-state index contributed by atoms with van der Waals surface area (Å²) in [6, 6.07) is 6.04. The van der Waals surface area contributed by atoms with Crippen molar-refractivity contribution in [3.63, 3.8) is 0 Å². The Balaban J connectivity index is 1.97. The zero-order valence-electron chi connectivity index (χ0n) is 10.5. The van der Waals surface area contributed by atoms with E-state index in [1.807, 2.05) is 12.1 Å². The van der Waals surface area contributed by atoms with Crippen LogP contribution in [0.4, 0.5) is 0 Å². The van der Waals surface area contributed by atoms with Crippen LogP contribution in [0.2, 0.25) is 0 Å². The summed E-state index contributed by atoms with van der Waals surface area (Å²) in [7, 11) is 0. The van der Waals surface area contributed by atoms with E-state index in [2.05, 4.69) is 20.9 Å². The number of nitrogens with zero attached hydrogens (tertiary/aromatic N) is 4. The van der Waals surface area contributed by atoms with Gasteiger partial charge in [0.25, 0.3) is 0 Å². The largest absolute Gasteiger partial charge is 0.329 e. The number of hydrogen-bond donors (Lipinski definition) is 1. The van der Waals surface area contributed by atoms with Crippen LogP contribution in [0.5, 0.6) is 0 Å². The summed E-state index contributed by atoms with van der Waals surface area (Å²) in [5.41, 5.74) is 6.53. The lowest BCUT2D eigenvalue weighted by Gasteiger charge is -2.36. The summed E-state index contributed by atoms with van der Waals surface area (Å²) in [6.45, 7) is 5.42. The molecule has 2 heterocycles. The zero-order valence-corrected chi connectivity index (χ0v) is 10.5. The molecule has 0 bridgehead atoms. The molecule has 1 fully saturated rings. The highest BCUT2D eigenvalue weighted by Gasteiger charge is 2.24. The van der Waals surface area contributed by atoms with E-state index < -0.39 is 0 Å². The van der Waals surface area contributed by atoms with E-state index >= 15 is 0 Å². The Morgan fingerprint density at radius 2 is 2.17 bits per heavy atom. The van der Waals surface area contributed by atoms with Gasteiger partial charge >= 0.3 is 0 Å². The molecule has 1 aromatic heterocycles. The Labute approximate surface area is 108 Å². The van der Waals surface area contributed by atoms with Crippen molar-refractivity contribution in [2.75, 3.05) is 39.3 Å². The second kappa shape index (κ2) is 6.45. The van der Waals surface area contributed by atoms with Crippen molar-refractivity contribution < 1.29 is 0 Å². The summed E-state index contributed by atoms with van der Waals surface area (Å²) in [5, 5.41) is 9.35. The number of aromatic nitrogens is 1. The average molecular weight is 245 g/mol. The molecule has 0 saturated carbocycles. The molecule has 0 spiro atoms. The van der Waals surface area contributed by atoms with Crippen LogP contribution >= 0.6 is 0 Å². The standard InChI is InChI=1S/C13H19N5/c14-3-5-17-6-8-18(9-7-17)13(10-15)12-2-1-4-16-11-12/h1-2,4,11,13H,3,5-9,14H2. The molecule has 18 heavy (non-hydrogen) atoms. The molecule has 0 aromatic carbocycles. The van der Waals surface area contributed by atoms with Crippen LogP contribution in [0.25, 0.3) is 0 Å². The molecule has 1 aromatic rings. The van der Waals surface area contributed by atoms with Gasteiger partial charge in [-0.1, -0.05) is 6.07 Å². The van der Waals surface area contributed by atoms with Gasteiger partial charge in [0, 0.05) is 57.2 Å². The van der Waals surface area contributed by atoms with E-state index in [0.717, 1.165) is 38.3 Å². The predicted octanol–water partition coefficient (Wildman–Crippen LogP) is 0.223. The number of piperazine rings is 1. The first kappa shape index (κ1) is 13.0. The third kappa shape index (κ3) is 3.05. The van der Waals surface area contributed by atoms with E-state index in [1.165, 1.54) is 0 Å². The topological polar surface area (TPSA) is 69.2 Å². The fourth-order valence-electron chi connectivity index (χ4n) is 2.33. The summed E-state index contributed by atoms with van der Waals surface area (Å²) < 4.78 is 0. The van der Waals surface area contributed by atoms with Gasteiger partial charge in [-0.05, 0) is 6.07 Å². The first-order valence-corrected chi connectivity index (χ1v) is 6.31. The highest BCUT2D eigenvalue weighted by molar-refractivity contribution is 5.20. The molecule has 1 aliphatic rings. The Hall–Kier alpha value is -1.48. The lowest BCUT2D eigenvalue weighted by atomic mass is 10.1. The highest BCUT2D eigenvalue weighted by atomic mass is 15.3. The molecule has 0 amide bonds. The molecule has 1 saturated heterocycles. The highest BCUT2D eigenvalue weighted by Crippen LogP contribution is 2.20. The second-order valence-electron chi connectivity index (χ2n) is 4.48. The minimum absolute atomic E-state index is 0.182. The molecular weight excluding hydrogens is 226 g/mol. The van der Waals surface area contributed by atoms with Gasteiger partial charge in [0.2, 0.25) is 0 Å². The predicted molar refractivity (Wildman–Crippen MR) is 69.7 cm³/mol. The monoisotopic (exact) mass is 245 g/mol. The third-order valence-electron chi connectivity index (χ3n) is 3.34. The maximum Gasteiger partial charge on any atom is 0.125 e. The van der Waals surface area contributed by atoms with Gasteiger partial charge in [0.1, 0.15) is 6.04 Å². The summed E-state index contributed by atoms with van der Waals surface area (Å²) in [4.78, 5) is 8.64. The maximum atomic E-state index is 9.35. The molecule has 1 unspecified atom stereocenters. The van der Waals surface area contributed by atoms with Crippen molar-refractivity contribution in [3.05, 3.63) is 30.1 Å². The van der Waals surface area contributed by atoms with E-state index in [0.29, 0.717) is 6.54 Å². The van der Waals surface area contributed by atoms with Crippen LogP contribution < -0.4 is 5.73 Å². The summed E-state index contributed by atoms with van der Waals surface area (Å²) in [6.07, 6.45) is 3.51. The van der Waals surface area contributed by atoms with Crippen LogP contribution in [0.3, 0.4) is 0 Å². The number of nitrogens with two attached hydrogens (primary N) is 1. The van der Waals surface area contributed by atoms with Crippen LogP contribution in [0.15, 0.2) is 24.5 Å². The van der Waals surface area contributed by atoms with Crippen LogP contribution in [-0.4, -0.2) is 54.1 Å². The second-order valence-corrected chi connectivity index (χ2v) is 4.48. The molecule has 5 heteroatoms. The average Bonchev–Trinajstić information content (AvgIpc) is 2.43. The van der Waals surface area contributed by atoms with Gasteiger partial charge < -0.3 is 5.73 Å². The van der Waals surface area contributed by atoms with E-state index in [4.69, 9.17) is 5.73 Å². The molecule has 2 rings (SSSR count). The molecular formula is C13H19N5. The van der Waals surface area contributed by atoms with E-state index in [1.54, 1.807) is 12.4 Å². The SMILES string of the molecule is N#CC(c1cccnc1)N1CCN(CCN)CC1. The number of pyridine rings is 1. The fraction of sp³-hybridized carbons (Fsp3) is 0.538. The molecule has 0 radical (unpaired) electrons. The van der Waals surface area contributed by atoms with Crippen molar-refractivity contribution in [3.8, 4) is 6.07 Å². The zero-order chi connectivity index (χ0) is 12.8. The van der Waals surface area contributed by atoms with Crippen LogP contribution in [0.1, 0.15) is 11.6 Å². The van der Waals surface area contributed by atoms with Gasteiger partial charge in [-0.2, -0.15) is 5.26 Å². The van der Waals surface area contributed by atoms with Crippen molar-refractivity contribution >= 4 is 0 Å². The number of rotatable bonds is 4. The smallest absolute Gasteiger partial charge is 0.125 e. The molecule has 1 atom stereocenters. The summed E-state index contributed by atoms with van der Waals surface area (Å²) in [5.74, 6) is 0. The van der Waals surface area contributed by atoms with Gasteiger partial charge in [-0.25, -0.2) is 0 Å². The Morgan fingerprint density at radius 3 is 2.72 bits per heavy atom. The normalized spacial score (nSPS) is 19.3. The van der Waals surface area contributed by atoms with Crippen LogP contribution in [-0.2, 0) is 0 Å². The number of hydrogen-bond acceptors (Lipinski definition) is 5. The first-order valence-electron chi connectivity index (χ1n) is 6.31. The lowest BCUT2D eigenvalue weighted by molar-refractivity contribution is 0.116. The van der Waals surface area contributed by atoms with Crippen LogP contribution in [0, 0.1) is 11.3 Å². The Bertz CT molecular complexity index is 392. The van der Waals surface area contributed by atoms with Crippen molar-refractivity contribution in [2.24, 2.45) is 5.73 Å². The van der Waals surface area contributed by atoms with E-state index in [-0.39, 0.29) is 6.04 Å². The van der Waals surface area contributed by atoms with Gasteiger partial charge in [0.15, 0.2) is 0 Å². The maximum absolute atomic E-state index is 9.35. The Morgan fingerprint density at radius 1 is 1.39 bits per heavy atom. The van der Waals surface area contributed by atoms with Gasteiger partial charge in [-0.15, -0.1) is 0 Å². The summed E-state index contributed by atoms with van der Waals surface area (Å²) >= 11 is 0. The first-order chi connectivity index (χ1) is 8.85. The molecule has 5 nitrogen and oxygen atoms in total. The minimum atomic E-state index is -0.182. The quantitative estimate of drug-likeness (QED) is 0.822. The molecule has 1 aliphatic heterocycles. The lowest BCUT2D eigenvalue weighted by Crippen LogP contribution is -2.48. The van der Waals surface area contributed by atoms with Gasteiger partial charge in [0.05, 0.1) is 6.07 Å². The van der Waals surface area contributed by atoms with Crippen molar-refractivity contribution in [1.82, 2.24) is 14.8 Å². The molecule has 0 aliphatic carbocycles. The van der Waals surface area contributed by atoms with Gasteiger partial charge in [-0.3, -0.25) is 14.8 Å². The third-order valence-corrected chi connectivity index (χ3v) is 3.34.